The van der Waals surface area contributed by atoms with Crippen LogP contribution in [0.1, 0.15) is 10.9 Å². The molecule has 1 fully saturated rings. The summed E-state index contributed by atoms with van der Waals surface area (Å²) in [4.78, 5) is 19.1. The molecular formula is C28H19ClN6O3S2. The lowest BCUT2D eigenvalue weighted by Crippen LogP contribution is -2.27. The lowest BCUT2D eigenvalue weighted by Gasteiger charge is -2.26. The van der Waals surface area contributed by atoms with Crippen molar-refractivity contribution in [3.63, 3.8) is 0 Å². The van der Waals surface area contributed by atoms with Crippen molar-refractivity contribution in [1.82, 2.24) is 4.98 Å². The van der Waals surface area contributed by atoms with Gasteiger partial charge in [0, 0.05) is 16.7 Å². The van der Waals surface area contributed by atoms with Crippen molar-refractivity contribution in [2.24, 2.45) is 20.5 Å². The minimum atomic E-state index is -0.605. The standard InChI is InChI=1S/C28H19ClN6O3S2/c29-16-4-3-5-17(12-16)31-33-21-10-9-19(36)14-23(21)35-26(38)15-39-27(35)20-13-18(8-11-24(20)37)32-34-28-30-22-6-1-2-7-25(22)40-28/h1-14,27,36-37H,15H2. The van der Waals surface area contributed by atoms with Crippen LogP contribution in [0.15, 0.2) is 105 Å². The highest BCUT2D eigenvalue weighted by molar-refractivity contribution is 8.00. The number of aromatic hydroxyl groups is 2. The Bertz CT molecular complexity index is 1780. The first-order valence-electron chi connectivity index (χ1n) is 12.0. The highest BCUT2D eigenvalue weighted by Crippen LogP contribution is 2.49. The van der Waals surface area contributed by atoms with Crippen molar-refractivity contribution in [1.29, 1.82) is 0 Å². The average molecular weight is 587 g/mol. The number of amides is 1. The Balaban J connectivity index is 1.33. The molecule has 1 aromatic heterocycles. The van der Waals surface area contributed by atoms with E-state index in [0.717, 1.165) is 10.2 Å². The number of anilines is 1. The van der Waals surface area contributed by atoms with E-state index >= 15 is 0 Å². The first-order chi connectivity index (χ1) is 19.4. The number of para-hydroxylation sites is 1. The first-order valence-corrected chi connectivity index (χ1v) is 14.2. The number of thioether (sulfide) groups is 1. The number of phenolic OH excluding ortho intramolecular Hbond substituents is 2. The smallest absolute Gasteiger partial charge is 0.238 e. The largest absolute Gasteiger partial charge is 0.508 e. The summed E-state index contributed by atoms with van der Waals surface area (Å²) in [6.45, 7) is 0. The van der Waals surface area contributed by atoms with Gasteiger partial charge in [0.2, 0.25) is 11.0 Å². The van der Waals surface area contributed by atoms with Gasteiger partial charge >= 0.3 is 0 Å². The molecule has 2 N–H and O–H groups in total. The predicted molar refractivity (Wildman–Crippen MR) is 158 cm³/mol. The van der Waals surface area contributed by atoms with E-state index in [2.05, 4.69) is 25.4 Å². The molecule has 9 nitrogen and oxygen atoms in total. The second kappa shape index (κ2) is 11.0. The zero-order chi connectivity index (χ0) is 27.6. The van der Waals surface area contributed by atoms with Crippen molar-refractivity contribution in [2.75, 3.05) is 10.7 Å². The van der Waals surface area contributed by atoms with Crippen LogP contribution >= 0.6 is 34.7 Å². The van der Waals surface area contributed by atoms with Crippen LogP contribution in [0, 0.1) is 0 Å². The third-order valence-electron chi connectivity index (χ3n) is 5.98. The van der Waals surface area contributed by atoms with Gasteiger partial charge in [0.1, 0.15) is 22.6 Å². The van der Waals surface area contributed by atoms with Crippen molar-refractivity contribution < 1.29 is 15.0 Å². The van der Waals surface area contributed by atoms with Gasteiger partial charge in [-0.2, -0.15) is 5.11 Å². The summed E-state index contributed by atoms with van der Waals surface area (Å²) in [5.74, 6) is -0.0795. The number of halogens is 1. The molecule has 1 aliphatic heterocycles. The van der Waals surface area contributed by atoms with E-state index in [0.29, 0.717) is 38.5 Å². The van der Waals surface area contributed by atoms with E-state index in [1.807, 2.05) is 24.3 Å². The van der Waals surface area contributed by atoms with E-state index in [9.17, 15) is 15.0 Å². The van der Waals surface area contributed by atoms with Gasteiger partial charge in [0.05, 0.1) is 33.0 Å². The summed E-state index contributed by atoms with van der Waals surface area (Å²) in [5, 5.41) is 38.7. The Kier molecular flexibility index (Phi) is 7.16. The second-order valence-electron chi connectivity index (χ2n) is 8.69. The maximum absolute atomic E-state index is 13.1. The van der Waals surface area contributed by atoms with E-state index in [1.165, 1.54) is 46.2 Å². The van der Waals surface area contributed by atoms with Crippen LogP contribution in [0.25, 0.3) is 10.2 Å². The molecule has 4 aromatic carbocycles. The maximum atomic E-state index is 13.1. The Hall–Kier alpha value is -4.32. The number of azo groups is 2. The summed E-state index contributed by atoms with van der Waals surface area (Å²) in [7, 11) is 0. The van der Waals surface area contributed by atoms with Gasteiger partial charge in [-0.25, -0.2) is 4.98 Å². The minimum absolute atomic E-state index is 0.00149. The van der Waals surface area contributed by atoms with Gasteiger partial charge in [0.15, 0.2) is 0 Å². The lowest BCUT2D eigenvalue weighted by atomic mass is 10.1. The summed E-state index contributed by atoms with van der Waals surface area (Å²) in [6.07, 6.45) is 0. The van der Waals surface area contributed by atoms with Crippen LogP contribution in [0.4, 0.5) is 27.9 Å². The Morgan fingerprint density at radius 2 is 1.70 bits per heavy atom. The van der Waals surface area contributed by atoms with Crippen LogP contribution in [-0.4, -0.2) is 26.9 Å². The number of rotatable bonds is 6. The first kappa shape index (κ1) is 25.9. The number of nitrogens with zero attached hydrogens (tertiary/aromatic N) is 6. The molecule has 1 amide bonds. The number of carbonyl (C=O) groups excluding carboxylic acids is 1. The van der Waals surface area contributed by atoms with Gasteiger partial charge < -0.3 is 10.2 Å². The minimum Gasteiger partial charge on any atom is -0.508 e. The van der Waals surface area contributed by atoms with Gasteiger partial charge in [-0.1, -0.05) is 41.1 Å². The number of hydrogen-bond donors (Lipinski definition) is 2. The second-order valence-corrected chi connectivity index (χ2v) is 11.2. The average Bonchev–Trinajstić information content (AvgIpc) is 3.55. The van der Waals surface area contributed by atoms with E-state index < -0.39 is 5.37 Å². The third-order valence-corrected chi connectivity index (χ3v) is 8.33. The molecule has 0 radical (unpaired) electrons. The molecule has 1 aliphatic rings. The fourth-order valence-corrected chi connectivity index (χ4v) is 6.32. The molecular weight excluding hydrogens is 568 g/mol. The number of carbonyl (C=O) groups is 1. The van der Waals surface area contributed by atoms with Crippen molar-refractivity contribution in [3.8, 4) is 11.5 Å². The number of benzene rings is 4. The molecule has 40 heavy (non-hydrogen) atoms. The van der Waals surface area contributed by atoms with Crippen LogP contribution in [0.3, 0.4) is 0 Å². The van der Waals surface area contributed by atoms with Crippen molar-refractivity contribution >= 4 is 78.7 Å². The summed E-state index contributed by atoms with van der Waals surface area (Å²) < 4.78 is 1.01. The predicted octanol–water partition coefficient (Wildman–Crippen LogP) is 8.97. The maximum Gasteiger partial charge on any atom is 0.238 e. The highest BCUT2D eigenvalue weighted by Gasteiger charge is 2.37. The third kappa shape index (κ3) is 5.39. The fourth-order valence-electron chi connectivity index (χ4n) is 4.16. The van der Waals surface area contributed by atoms with Gasteiger partial charge in [-0.05, 0) is 60.7 Å². The lowest BCUT2D eigenvalue weighted by molar-refractivity contribution is -0.115. The molecule has 0 spiro atoms. The Morgan fingerprint density at radius 1 is 0.875 bits per heavy atom. The summed E-state index contributed by atoms with van der Waals surface area (Å²) in [5.41, 5.74) is 3.06. The Labute approximate surface area is 241 Å². The van der Waals surface area contributed by atoms with Crippen LogP contribution in [0.2, 0.25) is 5.02 Å². The van der Waals surface area contributed by atoms with Crippen LogP contribution in [0.5, 0.6) is 11.5 Å². The molecule has 0 aliphatic carbocycles. The number of thiazole rings is 1. The number of aromatic nitrogens is 1. The summed E-state index contributed by atoms with van der Waals surface area (Å²) >= 11 is 8.83. The topological polar surface area (TPSA) is 123 Å². The van der Waals surface area contributed by atoms with Gasteiger partial charge in [0.25, 0.3) is 0 Å². The number of phenols is 2. The molecule has 1 unspecified atom stereocenters. The SMILES string of the molecule is O=C1CSC(c2cc(N=Nc3nc4ccccc4s3)ccc2O)N1c1cc(O)ccc1N=Nc1cccc(Cl)c1. The Morgan fingerprint density at radius 3 is 2.55 bits per heavy atom. The van der Waals surface area contributed by atoms with Crippen molar-refractivity contribution in [3.05, 3.63) is 95.5 Å². The summed E-state index contributed by atoms with van der Waals surface area (Å²) in [6, 6.07) is 24.0. The molecule has 1 atom stereocenters. The molecule has 2 heterocycles. The quantitative estimate of drug-likeness (QED) is 0.192. The number of hydrogen-bond acceptors (Lipinski definition) is 10. The van der Waals surface area contributed by atoms with Gasteiger partial charge in [-0.3, -0.25) is 9.69 Å². The zero-order valence-corrected chi connectivity index (χ0v) is 22.9. The molecule has 198 valence electrons. The molecule has 6 rings (SSSR count). The molecule has 12 heteroatoms. The molecule has 1 saturated heterocycles. The van der Waals surface area contributed by atoms with Crippen LogP contribution in [-0.2, 0) is 4.79 Å². The number of fused-ring (bicyclic) bond motifs is 1. The highest BCUT2D eigenvalue weighted by atomic mass is 35.5. The van der Waals surface area contributed by atoms with E-state index in [1.54, 1.807) is 42.5 Å². The molecule has 5 aromatic rings. The molecule has 0 saturated carbocycles. The normalized spacial score (nSPS) is 15.7. The van der Waals surface area contributed by atoms with Gasteiger partial charge in [-0.15, -0.1) is 27.1 Å². The zero-order valence-electron chi connectivity index (χ0n) is 20.5. The van der Waals surface area contributed by atoms with E-state index in [-0.39, 0.29) is 23.2 Å². The molecule has 0 bridgehead atoms. The fraction of sp³-hybridized carbons (Fsp3) is 0.0714. The van der Waals surface area contributed by atoms with Crippen LogP contribution < -0.4 is 4.90 Å². The van der Waals surface area contributed by atoms with Crippen molar-refractivity contribution in [2.45, 2.75) is 5.37 Å². The van der Waals surface area contributed by atoms with E-state index in [4.69, 9.17) is 11.6 Å². The monoisotopic (exact) mass is 586 g/mol.